The standard InChI is InChI=1S/C17H14BrNO3/c1-11-6-5-9-13-14(18)16(22-15(11)13)19-17(20)21-10-12-7-3-2-4-8-12/h2-9H,10H2,1H3,(H,19,20). The minimum atomic E-state index is -0.554. The van der Waals surface area contributed by atoms with Gasteiger partial charge in [0.25, 0.3) is 0 Å². The number of furan rings is 1. The SMILES string of the molecule is Cc1cccc2c(Br)c(NC(=O)OCc3ccccc3)oc12. The Labute approximate surface area is 136 Å². The first-order valence-corrected chi connectivity index (χ1v) is 7.60. The molecule has 0 atom stereocenters. The van der Waals surface area contributed by atoms with Gasteiger partial charge >= 0.3 is 6.09 Å². The second kappa shape index (κ2) is 6.23. The molecule has 0 aliphatic rings. The van der Waals surface area contributed by atoms with E-state index in [-0.39, 0.29) is 6.61 Å². The van der Waals surface area contributed by atoms with Gasteiger partial charge in [0.15, 0.2) is 0 Å². The Hall–Kier alpha value is -2.27. The highest BCUT2D eigenvalue weighted by Gasteiger charge is 2.16. The zero-order valence-electron chi connectivity index (χ0n) is 11.9. The maximum absolute atomic E-state index is 11.9. The van der Waals surface area contributed by atoms with Crippen LogP contribution in [0, 0.1) is 6.92 Å². The number of carbonyl (C=O) groups excluding carboxylic acids is 1. The molecule has 1 N–H and O–H groups in total. The molecule has 0 aliphatic heterocycles. The van der Waals surface area contributed by atoms with Gasteiger partial charge < -0.3 is 9.15 Å². The first kappa shape index (κ1) is 14.7. The topological polar surface area (TPSA) is 51.5 Å². The summed E-state index contributed by atoms with van der Waals surface area (Å²) in [5, 5.41) is 3.54. The number of fused-ring (bicyclic) bond motifs is 1. The largest absolute Gasteiger partial charge is 0.444 e. The molecule has 0 fully saturated rings. The Kier molecular flexibility index (Phi) is 4.15. The molecule has 1 amide bonds. The lowest BCUT2D eigenvalue weighted by Crippen LogP contribution is -2.13. The van der Waals surface area contributed by atoms with Crippen LogP contribution in [0.5, 0.6) is 0 Å². The van der Waals surface area contributed by atoms with Crippen LogP contribution in [-0.4, -0.2) is 6.09 Å². The molecule has 0 radical (unpaired) electrons. The third kappa shape index (κ3) is 2.99. The number of para-hydroxylation sites is 1. The molecule has 3 rings (SSSR count). The summed E-state index contributed by atoms with van der Waals surface area (Å²) < 4.78 is 11.6. The number of rotatable bonds is 3. The van der Waals surface area contributed by atoms with Crippen molar-refractivity contribution < 1.29 is 13.9 Å². The molecule has 0 saturated heterocycles. The fourth-order valence-corrected chi connectivity index (χ4v) is 2.65. The number of amides is 1. The number of halogens is 1. The van der Waals surface area contributed by atoms with E-state index in [1.807, 2.05) is 55.5 Å². The van der Waals surface area contributed by atoms with Gasteiger partial charge in [0.2, 0.25) is 5.88 Å². The molecule has 5 heteroatoms. The lowest BCUT2D eigenvalue weighted by Gasteiger charge is -2.05. The number of benzene rings is 2. The van der Waals surface area contributed by atoms with Gasteiger partial charge in [-0.1, -0.05) is 42.5 Å². The van der Waals surface area contributed by atoms with Crippen molar-refractivity contribution in [3.8, 4) is 0 Å². The summed E-state index contributed by atoms with van der Waals surface area (Å²) in [6.45, 7) is 2.17. The molecule has 1 aromatic heterocycles. The van der Waals surface area contributed by atoms with E-state index in [0.29, 0.717) is 10.4 Å². The summed E-state index contributed by atoms with van der Waals surface area (Å²) in [7, 11) is 0. The number of aryl methyl sites for hydroxylation is 1. The third-order valence-electron chi connectivity index (χ3n) is 3.28. The van der Waals surface area contributed by atoms with Crippen LogP contribution < -0.4 is 5.32 Å². The highest BCUT2D eigenvalue weighted by atomic mass is 79.9. The molecule has 2 aromatic carbocycles. The number of nitrogens with one attached hydrogen (secondary N) is 1. The lowest BCUT2D eigenvalue weighted by molar-refractivity contribution is 0.154. The van der Waals surface area contributed by atoms with Crippen LogP contribution in [0.25, 0.3) is 11.0 Å². The van der Waals surface area contributed by atoms with Crippen LogP contribution in [0.3, 0.4) is 0 Å². The van der Waals surface area contributed by atoms with Crippen molar-refractivity contribution in [2.45, 2.75) is 13.5 Å². The van der Waals surface area contributed by atoms with Gasteiger partial charge in [0, 0.05) is 5.39 Å². The molecule has 22 heavy (non-hydrogen) atoms. The molecule has 0 aliphatic carbocycles. The number of hydrogen-bond donors (Lipinski definition) is 1. The highest BCUT2D eigenvalue weighted by molar-refractivity contribution is 9.10. The average Bonchev–Trinajstić information content (AvgIpc) is 2.85. The van der Waals surface area contributed by atoms with Crippen molar-refractivity contribution in [1.82, 2.24) is 0 Å². The Balaban J connectivity index is 1.72. The molecule has 0 spiro atoms. The Morgan fingerprint density at radius 3 is 2.68 bits per heavy atom. The lowest BCUT2D eigenvalue weighted by atomic mass is 10.2. The fourth-order valence-electron chi connectivity index (χ4n) is 2.16. The Morgan fingerprint density at radius 1 is 1.18 bits per heavy atom. The van der Waals surface area contributed by atoms with Crippen molar-refractivity contribution in [2.24, 2.45) is 0 Å². The summed E-state index contributed by atoms with van der Waals surface area (Å²) in [5.74, 6) is 0.349. The van der Waals surface area contributed by atoms with Crippen molar-refractivity contribution in [3.63, 3.8) is 0 Å². The van der Waals surface area contributed by atoms with Crippen molar-refractivity contribution in [3.05, 3.63) is 64.1 Å². The van der Waals surface area contributed by atoms with Crippen LogP contribution in [0.15, 0.2) is 57.4 Å². The smallest absolute Gasteiger partial charge is 0.414 e. The molecule has 0 unspecified atom stereocenters. The quantitative estimate of drug-likeness (QED) is 0.694. The van der Waals surface area contributed by atoms with Crippen LogP contribution in [0.2, 0.25) is 0 Å². The zero-order valence-corrected chi connectivity index (χ0v) is 13.5. The first-order valence-electron chi connectivity index (χ1n) is 6.80. The Morgan fingerprint density at radius 2 is 1.95 bits per heavy atom. The first-order chi connectivity index (χ1) is 10.6. The number of anilines is 1. The zero-order chi connectivity index (χ0) is 15.5. The van der Waals surface area contributed by atoms with Gasteiger partial charge in [-0.15, -0.1) is 0 Å². The van der Waals surface area contributed by atoms with Crippen LogP contribution in [-0.2, 0) is 11.3 Å². The highest BCUT2D eigenvalue weighted by Crippen LogP contribution is 2.36. The average molecular weight is 360 g/mol. The van der Waals surface area contributed by atoms with E-state index in [0.717, 1.165) is 22.1 Å². The number of carbonyl (C=O) groups is 1. The number of ether oxygens (including phenoxy) is 1. The maximum atomic E-state index is 11.9. The summed E-state index contributed by atoms with van der Waals surface area (Å²) in [6, 6.07) is 15.3. The molecule has 3 aromatic rings. The molecular formula is C17H14BrNO3. The molecular weight excluding hydrogens is 346 g/mol. The molecule has 1 heterocycles. The van der Waals surface area contributed by atoms with Gasteiger partial charge in [0.05, 0.1) is 4.47 Å². The van der Waals surface area contributed by atoms with E-state index >= 15 is 0 Å². The number of hydrogen-bond acceptors (Lipinski definition) is 3. The van der Waals surface area contributed by atoms with E-state index in [9.17, 15) is 4.79 Å². The fraction of sp³-hybridized carbons (Fsp3) is 0.118. The van der Waals surface area contributed by atoms with E-state index < -0.39 is 6.09 Å². The van der Waals surface area contributed by atoms with Gasteiger partial charge in [-0.3, -0.25) is 5.32 Å². The third-order valence-corrected chi connectivity index (χ3v) is 4.07. The molecule has 112 valence electrons. The van der Waals surface area contributed by atoms with Gasteiger partial charge in [0.1, 0.15) is 12.2 Å². The summed E-state index contributed by atoms with van der Waals surface area (Å²) in [6.07, 6.45) is -0.554. The van der Waals surface area contributed by atoms with E-state index in [2.05, 4.69) is 21.2 Å². The van der Waals surface area contributed by atoms with E-state index in [1.54, 1.807) is 0 Å². The predicted molar refractivity (Wildman–Crippen MR) is 88.9 cm³/mol. The molecule has 0 saturated carbocycles. The van der Waals surface area contributed by atoms with E-state index in [1.165, 1.54) is 0 Å². The molecule has 4 nitrogen and oxygen atoms in total. The van der Waals surface area contributed by atoms with Gasteiger partial charge in [-0.05, 0) is 40.0 Å². The second-order valence-corrected chi connectivity index (χ2v) is 5.68. The monoisotopic (exact) mass is 359 g/mol. The summed E-state index contributed by atoms with van der Waals surface area (Å²) in [4.78, 5) is 11.9. The van der Waals surface area contributed by atoms with Crippen LogP contribution >= 0.6 is 15.9 Å². The predicted octanol–water partition coefficient (Wildman–Crippen LogP) is 5.25. The van der Waals surface area contributed by atoms with Gasteiger partial charge in [-0.2, -0.15) is 0 Å². The maximum Gasteiger partial charge on any atom is 0.414 e. The van der Waals surface area contributed by atoms with Crippen LogP contribution in [0.1, 0.15) is 11.1 Å². The van der Waals surface area contributed by atoms with Crippen molar-refractivity contribution >= 4 is 38.9 Å². The Bertz CT molecular complexity index is 811. The van der Waals surface area contributed by atoms with E-state index in [4.69, 9.17) is 9.15 Å². The summed E-state index contributed by atoms with van der Waals surface area (Å²) >= 11 is 3.45. The van der Waals surface area contributed by atoms with Crippen molar-refractivity contribution in [2.75, 3.05) is 5.32 Å². The van der Waals surface area contributed by atoms with Crippen molar-refractivity contribution in [1.29, 1.82) is 0 Å². The molecule has 0 bridgehead atoms. The van der Waals surface area contributed by atoms with Crippen LogP contribution in [0.4, 0.5) is 10.7 Å². The summed E-state index contributed by atoms with van der Waals surface area (Å²) in [5.41, 5.74) is 2.67. The minimum Gasteiger partial charge on any atom is -0.444 e. The van der Waals surface area contributed by atoms with Gasteiger partial charge in [-0.25, -0.2) is 4.79 Å². The minimum absolute atomic E-state index is 0.212. The normalized spacial score (nSPS) is 10.6. The second-order valence-electron chi connectivity index (χ2n) is 4.88.